The number of halogens is 2. The molecule has 10 heterocycles. The molecule has 0 unspecified atom stereocenters. The van der Waals surface area contributed by atoms with Gasteiger partial charge < -0.3 is 39.8 Å². The molecule has 2 aliphatic carbocycles. The number of aromatic nitrogens is 3. The van der Waals surface area contributed by atoms with Crippen molar-refractivity contribution < 1.29 is 33.7 Å². The quantitative estimate of drug-likeness (QED) is 0.244. The van der Waals surface area contributed by atoms with Gasteiger partial charge in [0.2, 0.25) is 17.6 Å². The number of aromatic carboxylic acids is 1. The molecule has 2 saturated carbocycles. The van der Waals surface area contributed by atoms with Gasteiger partial charge in [0, 0.05) is 86.1 Å². The number of hydrogen-bond donors (Lipinski definition) is 3. The Morgan fingerprint density at radius 3 is 1.24 bits per heavy atom. The molecule has 9 fully saturated rings. The zero-order valence-electron chi connectivity index (χ0n) is 36.5. The van der Waals surface area contributed by atoms with Crippen molar-refractivity contribution in [1.82, 2.24) is 35.4 Å². The molecule has 342 valence electrons. The fraction of sp³-hybridized carbons (Fsp3) is 0.617. The highest BCUT2D eigenvalue weighted by Crippen LogP contribution is 2.54. The molecule has 3 N–H and O–H groups in total. The van der Waals surface area contributed by atoms with Gasteiger partial charge in [0.05, 0.1) is 38.0 Å². The number of rotatable bonds is 6. The minimum Gasteiger partial charge on any atom is -0.481 e. The molecule has 6 bridgehead atoms. The number of carboxylic acid groups (broad SMARTS) is 1. The van der Waals surface area contributed by atoms with Gasteiger partial charge in [-0.3, -0.25) is 9.59 Å². The predicted octanol–water partition coefficient (Wildman–Crippen LogP) is 6.57. The number of methoxy groups -OCH3 is 3. The zero-order valence-corrected chi connectivity index (χ0v) is 38.1. The number of hydrogen-bond acceptors (Lipinski definition) is 11. The van der Waals surface area contributed by atoms with E-state index in [0.717, 1.165) is 61.7 Å². The topological polar surface area (TPSA) is 168 Å². The summed E-state index contributed by atoms with van der Waals surface area (Å²) in [5, 5.41) is 15.7. The van der Waals surface area contributed by atoms with Crippen molar-refractivity contribution in [3.05, 3.63) is 71.7 Å². The van der Waals surface area contributed by atoms with Crippen molar-refractivity contribution in [3.8, 4) is 17.6 Å². The summed E-state index contributed by atoms with van der Waals surface area (Å²) in [6.07, 6.45) is 20.7. The number of nitrogens with one attached hydrogen (secondary N) is 2. The second-order valence-electron chi connectivity index (χ2n) is 18.4. The average molecular weight is 909 g/mol. The SMILES string of the molecule is C1C[C@@H]2[C@H](C1)[C@@H]1CC[C@H]2N1.COc1ccc(C(=O)N2[C@@H]3CC[C@H]2[C@H]2CCC[C@H]23)cn1.COc1ccc(C(=O)N2[C@@H]3CC[C@H]2[C@H]2CNC[C@H]23)cn1.COc1ccc(C(=O)O)cn1.Cl.Cl. The number of fused-ring (bicyclic) bond motifs is 15. The first-order valence-corrected chi connectivity index (χ1v) is 22.6. The molecule has 12 rings (SSSR count). The minimum absolute atomic E-state index is 0. The van der Waals surface area contributed by atoms with Crippen molar-refractivity contribution in [2.24, 2.45) is 35.5 Å². The summed E-state index contributed by atoms with van der Waals surface area (Å²) < 4.78 is 14.8. The third-order valence-corrected chi connectivity index (χ3v) is 15.8. The fourth-order valence-electron chi connectivity index (χ4n) is 13.2. The second-order valence-corrected chi connectivity index (χ2v) is 18.4. The van der Waals surface area contributed by atoms with E-state index >= 15 is 0 Å². The van der Waals surface area contributed by atoms with Crippen molar-refractivity contribution in [3.63, 3.8) is 0 Å². The van der Waals surface area contributed by atoms with Gasteiger partial charge in [0.15, 0.2) is 0 Å². The predicted molar refractivity (Wildman–Crippen MR) is 241 cm³/mol. The Balaban J connectivity index is 0.000000130. The number of carbonyl (C=O) groups is 3. The second kappa shape index (κ2) is 20.3. The Kier molecular flexibility index (Phi) is 15.1. The molecule has 0 spiro atoms. The highest BCUT2D eigenvalue weighted by atomic mass is 35.5. The van der Waals surface area contributed by atoms with Crippen LogP contribution in [0.25, 0.3) is 0 Å². The van der Waals surface area contributed by atoms with Crippen LogP contribution < -0.4 is 24.8 Å². The normalized spacial score (nSPS) is 32.6. The van der Waals surface area contributed by atoms with Crippen LogP contribution in [0.15, 0.2) is 55.0 Å². The van der Waals surface area contributed by atoms with E-state index in [1.54, 1.807) is 38.7 Å². The van der Waals surface area contributed by atoms with Crippen LogP contribution in [0, 0.1) is 35.5 Å². The maximum atomic E-state index is 12.8. The van der Waals surface area contributed by atoms with Crippen molar-refractivity contribution in [2.75, 3.05) is 34.4 Å². The van der Waals surface area contributed by atoms with E-state index in [2.05, 4.69) is 35.4 Å². The van der Waals surface area contributed by atoms with Crippen molar-refractivity contribution in [2.45, 2.75) is 113 Å². The number of carboxylic acids is 1. The Bertz CT molecular complexity index is 1880. The first-order chi connectivity index (χ1) is 29.8. The monoisotopic (exact) mass is 907 g/mol. The molecule has 16 heteroatoms. The standard InChI is InChI=1S/C16H20N2O2.C15H19N3O2.C9H15N.C7H7NO3.2ClH/c1-20-15-8-5-10(9-17-15)16(19)18-13-6-7-14(18)12-4-2-3-11(12)13;1-20-14-5-2-9(6-17-14)15(19)18-12-3-4-13(18)11-8-16-7-10(11)12;1-2-6-7(3-1)9-5-4-8(6)10-9;1-11-6-3-2-5(4-8-6)7(9)10;;/h5,8-9,11-14H,2-4,6-7H2,1H3;2,5-6,10-13,16H,3-4,7-8H2,1H3;6-10H,1-5H2;2-4H,1H3,(H,9,10);2*1H/t11-,12+,13-,14+;10-,11+,12-,13+;6-,7+,8-,9+;;;. The van der Waals surface area contributed by atoms with E-state index in [1.165, 1.54) is 89.6 Å². The first-order valence-electron chi connectivity index (χ1n) is 22.6. The molecule has 14 nitrogen and oxygen atoms in total. The number of nitrogens with zero attached hydrogens (tertiary/aromatic N) is 5. The summed E-state index contributed by atoms with van der Waals surface area (Å²) in [6.45, 7) is 2.13. The van der Waals surface area contributed by atoms with Gasteiger partial charge in [-0.1, -0.05) is 12.8 Å². The Morgan fingerprint density at radius 2 is 0.889 bits per heavy atom. The minimum atomic E-state index is -0.986. The van der Waals surface area contributed by atoms with E-state index in [9.17, 15) is 14.4 Å². The van der Waals surface area contributed by atoms with Crippen LogP contribution in [0.5, 0.6) is 17.6 Å². The lowest BCUT2D eigenvalue weighted by Crippen LogP contribution is -2.39. The number of pyridine rings is 3. The van der Waals surface area contributed by atoms with Gasteiger partial charge in [-0.25, -0.2) is 19.7 Å². The maximum absolute atomic E-state index is 12.8. The Labute approximate surface area is 382 Å². The lowest BCUT2D eigenvalue weighted by molar-refractivity contribution is 0.0689. The molecule has 0 aromatic carbocycles. The summed E-state index contributed by atoms with van der Waals surface area (Å²) in [5.74, 6) is 5.88. The third kappa shape index (κ3) is 9.06. The summed E-state index contributed by atoms with van der Waals surface area (Å²) >= 11 is 0. The molecule has 63 heavy (non-hydrogen) atoms. The smallest absolute Gasteiger partial charge is 0.337 e. The van der Waals surface area contributed by atoms with Crippen LogP contribution in [-0.4, -0.2) is 118 Å². The summed E-state index contributed by atoms with van der Waals surface area (Å²) in [5.41, 5.74) is 1.53. The molecule has 7 saturated heterocycles. The van der Waals surface area contributed by atoms with Crippen molar-refractivity contribution >= 4 is 42.6 Å². The van der Waals surface area contributed by atoms with E-state index in [1.807, 2.05) is 12.1 Å². The third-order valence-electron chi connectivity index (χ3n) is 15.8. The van der Waals surface area contributed by atoms with E-state index < -0.39 is 5.97 Å². The molecule has 0 radical (unpaired) electrons. The molecule has 12 atom stereocenters. The van der Waals surface area contributed by atoms with Gasteiger partial charge in [-0.15, -0.1) is 24.8 Å². The van der Waals surface area contributed by atoms with E-state index in [0.29, 0.717) is 64.8 Å². The molecular weight excluding hydrogens is 845 g/mol. The zero-order chi connectivity index (χ0) is 42.2. The fourth-order valence-corrected chi connectivity index (χ4v) is 13.2. The average Bonchev–Trinajstić information content (AvgIpc) is 4.15. The highest BCUT2D eigenvalue weighted by Gasteiger charge is 2.57. The molecule has 2 amide bonds. The molecule has 3 aromatic heterocycles. The van der Waals surface area contributed by atoms with Gasteiger partial charge >= 0.3 is 5.97 Å². The first kappa shape index (κ1) is 46.7. The lowest BCUT2D eigenvalue weighted by Gasteiger charge is -2.24. The number of carbonyl (C=O) groups excluding carboxylic acids is 2. The highest BCUT2D eigenvalue weighted by molar-refractivity contribution is 5.95. The Hall–Kier alpha value is -4.24. The van der Waals surface area contributed by atoms with Crippen LogP contribution in [-0.2, 0) is 0 Å². The van der Waals surface area contributed by atoms with E-state index in [-0.39, 0.29) is 42.2 Å². The van der Waals surface area contributed by atoms with Gasteiger partial charge in [-0.2, -0.15) is 0 Å². The van der Waals surface area contributed by atoms with Crippen LogP contribution in [0.1, 0.15) is 108 Å². The van der Waals surface area contributed by atoms with Crippen LogP contribution in [0.2, 0.25) is 0 Å². The van der Waals surface area contributed by atoms with Gasteiger partial charge in [0.25, 0.3) is 11.8 Å². The van der Waals surface area contributed by atoms with Gasteiger partial charge in [0.1, 0.15) is 0 Å². The number of ether oxygens (including phenoxy) is 3. The largest absolute Gasteiger partial charge is 0.481 e. The van der Waals surface area contributed by atoms with Crippen LogP contribution in [0.4, 0.5) is 0 Å². The van der Waals surface area contributed by atoms with E-state index in [4.69, 9.17) is 19.3 Å². The summed E-state index contributed by atoms with van der Waals surface area (Å²) in [6, 6.07) is 13.8. The van der Waals surface area contributed by atoms with Crippen LogP contribution >= 0.6 is 24.8 Å². The van der Waals surface area contributed by atoms with Crippen LogP contribution in [0.3, 0.4) is 0 Å². The lowest BCUT2D eigenvalue weighted by atomic mass is 9.82. The Morgan fingerprint density at radius 1 is 0.524 bits per heavy atom. The maximum Gasteiger partial charge on any atom is 0.337 e. The molecular formula is C47H63Cl2N7O7. The molecule has 3 aromatic rings. The summed E-state index contributed by atoms with van der Waals surface area (Å²) in [4.78, 5) is 52.2. The molecule has 7 aliphatic heterocycles. The van der Waals surface area contributed by atoms with Gasteiger partial charge in [-0.05, 0) is 118 Å². The molecule has 9 aliphatic rings. The summed E-state index contributed by atoms with van der Waals surface area (Å²) in [7, 11) is 4.65. The van der Waals surface area contributed by atoms with Crippen molar-refractivity contribution in [1.29, 1.82) is 0 Å². The number of amides is 2.